The van der Waals surface area contributed by atoms with Gasteiger partial charge in [-0.3, -0.25) is 4.79 Å². The van der Waals surface area contributed by atoms with Crippen LogP contribution in [0.2, 0.25) is 0 Å². The Labute approximate surface area is 113 Å². The molecule has 2 aromatic heterocycles. The van der Waals surface area contributed by atoms with E-state index in [0.29, 0.717) is 25.4 Å². The van der Waals surface area contributed by atoms with Gasteiger partial charge >= 0.3 is 0 Å². The Balaban J connectivity index is 2.05. The summed E-state index contributed by atoms with van der Waals surface area (Å²) in [5.74, 6) is 2.01. The van der Waals surface area contributed by atoms with Crippen LogP contribution in [0.1, 0.15) is 31.8 Å². The first-order valence-electron chi connectivity index (χ1n) is 6.47. The van der Waals surface area contributed by atoms with Gasteiger partial charge < -0.3 is 13.7 Å². The van der Waals surface area contributed by atoms with Crippen LogP contribution >= 0.6 is 0 Å². The molecular weight excluding hydrogens is 242 g/mol. The smallest absolute Gasteiger partial charge is 0.223 e. The SMILES string of the molecule is CC(C)CC(=O)N(Cc1ccco1)Cc1ccco1. The fourth-order valence-electron chi connectivity index (χ4n) is 1.89. The Morgan fingerprint density at radius 1 is 1.11 bits per heavy atom. The largest absolute Gasteiger partial charge is 0.467 e. The Morgan fingerprint density at radius 3 is 2.00 bits per heavy atom. The standard InChI is InChI=1S/C15H19NO3/c1-12(2)9-15(17)16(10-13-5-3-7-18-13)11-14-6-4-8-19-14/h3-8,12H,9-11H2,1-2H3. The Morgan fingerprint density at radius 2 is 1.63 bits per heavy atom. The van der Waals surface area contributed by atoms with Gasteiger partial charge in [0.1, 0.15) is 11.5 Å². The predicted octanol–water partition coefficient (Wildman–Crippen LogP) is 3.45. The fraction of sp³-hybridized carbons (Fsp3) is 0.400. The van der Waals surface area contributed by atoms with E-state index in [1.54, 1.807) is 17.4 Å². The van der Waals surface area contributed by atoms with Gasteiger partial charge in [-0.05, 0) is 30.2 Å². The Bertz CT molecular complexity index is 449. The molecule has 0 unspecified atom stereocenters. The number of amides is 1. The summed E-state index contributed by atoms with van der Waals surface area (Å²) in [6.07, 6.45) is 3.77. The van der Waals surface area contributed by atoms with Crippen LogP contribution in [0.5, 0.6) is 0 Å². The lowest BCUT2D eigenvalue weighted by Crippen LogP contribution is -2.30. The zero-order valence-electron chi connectivity index (χ0n) is 11.3. The van der Waals surface area contributed by atoms with E-state index in [9.17, 15) is 4.79 Å². The van der Waals surface area contributed by atoms with Gasteiger partial charge in [-0.2, -0.15) is 0 Å². The summed E-state index contributed by atoms with van der Waals surface area (Å²) in [5, 5.41) is 0. The minimum atomic E-state index is 0.114. The number of carbonyl (C=O) groups excluding carboxylic acids is 1. The molecule has 102 valence electrons. The van der Waals surface area contributed by atoms with Gasteiger partial charge in [-0.1, -0.05) is 13.8 Å². The van der Waals surface area contributed by atoms with Gasteiger partial charge in [0.05, 0.1) is 25.6 Å². The molecule has 0 atom stereocenters. The number of carbonyl (C=O) groups is 1. The monoisotopic (exact) mass is 261 g/mol. The molecule has 0 bridgehead atoms. The van der Waals surface area contributed by atoms with Crippen molar-refractivity contribution in [1.82, 2.24) is 4.90 Å². The molecular formula is C15H19NO3. The number of rotatable bonds is 6. The van der Waals surface area contributed by atoms with Crippen molar-refractivity contribution in [3.8, 4) is 0 Å². The van der Waals surface area contributed by atoms with E-state index in [0.717, 1.165) is 11.5 Å². The summed E-state index contributed by atoms with van der Waals surface area (Å²) >= 11 is 0. The topological polar surface area (TPSA) is 46.6 Å². The molecule has 0 fully saturated rings. The number of furan rings is 2. The molecule has 4 nitrogen and oxygen atoms in total. The van der Waals surface area contributed by atoms with Crippen molar-refractivity contribution in [2.75, 3.05) is 0 Å². The van der Waals surface area contributed by atoms with Gasteiger partial charge in [0.25, 0.3) is 0 Å². The van der Waals surface area contributed by atoms with Crippen molar-refractivity contribution in [2.45, 2.75) is 33.4 Å². The summed E-state index contributed by atoms with van der Waals surface area (Å²) in [5.41, 5.74) is 0. The van der Waals surface area contributed by atoms with Gasteiger partial charge in [0, 0.05) is 6.42 Å². The Kier molecular flexibility index (Phi) is 4.44. The van der Waals surface area contributed by atoms with Crippen molar-refractivity contribution in [2.24, 2.45) is 5.92 Å². The minimum Gasteiger partial charge on any atom is -0.467 e. The second-order valence-corrected chi connectivity index (χ2v) is 5.01. The maximum atomic E-state index is 12.2. The van der Waals surface area contributed by atoms with E-state index in [1.807, 2.05) is 38.1 Å². The Hall–Kier alpha value is -1.97. The molecule has 2 rings (SSSR count). The van der Waals surface area contributed by atoms with Crippen LogP contribution in [0.15, 0.2) is 45.6 Å². The molecule has 1 amide bonds. The third-order valence-corrected chi connectivity index (χ3v) is 2.79. The van der Waals surface area contributed by atoms with Crippen molar-refractivity contribution in [3.05, 3.63) is 48.3 Å². The molecule has 0 aliphatic rings. The summed E-state index contributed by atoms with van der Waals surface area (Å²) < 4.78 is 10.6. The quantitative estimate of drug-likeness (QED) is 0.800. The van der Waals surface area contributed by atoms with Crippen molar-refractivity contribution in [3.63, 3.8) is 0 Å². The molecule has 0 aromatic carbocycles. The maximum Gasteiger partial charge on any atom is 0.223 e. The molecule has 19 heavy (non-hydrogen) atoms. The van der Waals surface area contributed by atoms with Crippen molar-refractivity contribution < 1.29 is 13.6 Å². The highest BCUT2D eigenvalue weighted by Gasteiger charge is 2.17. The predicted molar refractivity (Wildman–Crippen MR) is 71.1 cm³/mol. The molecule has 0 aliphatic heterocycles. The van der Waals surface area contributed by atoms with Crippen LogP contribution in [-0.4, -0.2) is 10.8 Å². The summed E-state index contributed by atoms with van der Waals surface area (Å²) in [6, 6.07) is 7.40. The van der Waals surface area contributed by atoms with Gasteiger partial charge in [-0.15, -0.1) is 0 Å². The summed E-state index contributed by atoms with van der Waals surface area (Å²) in [7, 11) is 0. The molecule has 0 N–H and O–H groups in total. The van der Waals surface area contributed by atoms with Crippen LogP contribution in [-0.2, 0) is 17.9 Å². The highest BCUT2D eigenvalue weighted by Crippen LogP contribution is 2.14. The molecule has 0 spiro atoms. The maximum absolute atomic E-state index is 12.2. The molecule has 0 saturated heterocycles. The van der Waals surface area contributed by atoms with E-state index in [-0.39, 0.29) is 5.91 Å². The van der Waals surface area contributed by atoms with Crippen LogP contribution in [0, 0.1) is 5.92 Å². The molecule has 0 saturated carbocycles. The zero-order valence-corrected chi connectivity index (χ0v) is 11.3. The third-order valence-electron chi connectivity index (χ3n) is 2.79. The second-order valence-electron chi connectivity index (χ2n) is 5.01. The van der Waals surface area contributed by atoms with E-state index in [4.69, 9.17) is 8.83 Å². The first kappa shape index (κ1) is 13.5. The minimum absolute atomic E-state index is 0.114. The lowest BCUT2D eigenvalue weighted by Gasteiger charge is -2.21. The van der Waals surface area contributed by atoms with Crippen LogP contribution in [0.4, 0.5) is 0 Å². The lowest BCUT2D eigenvalue weighted by molar-refractivity contribution is -0.133. The highest BCUT2D eigenvalue weighted by atomic mass is 16.3. The van der Waals surface area contributed by atoms with Crippen LogP contribution in [0.3, 0.4) is 0 Å². The molecule has 2 heterocycles. The fourth-order valence-corrected chi connectivity index (χ4v) is 1.89. The first-order chi connectivity index (χ1) is 9.15. The average molecular weight is 261 g/mol. The van der Waals surface area contributed by atoms with Crippen LogP contribution in [0.25, 0.3) is 0 Å². The third kappa shape index (κ3) is 4.02. The average Bonchev–Trinajstić information content (AvgIpc) is 2.99. The second kappa shape index (κ2) is 6.27. The van der Waals surface area contributed by atoms with Crippen LogP contribution < -0.4 is 0 Å². The van der Waals surface area contributed by atoms with Crippen molar-refractivity contribution >= 4 is 5.91 Å². The molecule has 0 aliphatic carbocycles. The number of hydrogen-bond acceptors (Lipinski definition) is 3. The van der Waals surface area contributed by atoms with E-state index >= 15 is 0 Å². The van der Waals surface area contributed by atoms with Gasteiger partial charge in [0.15, 0.2) is 0 Å². The number of nitrogens with zero attached hydrogens (tertiary/aromatic N) is 1. The van der Waals surface area contributed by atoms with E-state index < -0.39 is 0 Å². The van der Waals surface area contributed by atoms with E-state index in [1.165, 1.54) is 0 Å². The van der Waals surface area contributed by atoms with Gasteiger partial charge in [0.2, 0.25) is 5.91 Å². The zero-order chi connectivity index (χ0) is 13.7. The van der Waals surface area contributed by atoms with Crippen molar-refractivity contribution in [1.29, 1.82) is 0 Å². The molecule has 0 radical (unpaired) electrons. The molecule has 4 heteroatoms. The summed E-state index contributed by atoms with van der Waals surface area (Å²) in [6.45, 7) is 5.02. The van der Waals surface area contributed by atoms with E-state index in [2.05, 4.69) is 0 Å². The van der Waals surface area contributed by atoms with Gasteiger partial charge in [-0.25, -0.2) is 0 Å². The molecule has 2 aromatic rings. The normalized spacial score (nSPS) is 10.9. The number of hydrogen-bond donors (Lipinski definition) is 0. The first-order valence-corrected chi connectivity index (χ1v) is 6.47. The highest BCUT2D eigenvalue weighted by molar-refractivity contribution is 5.76. The summed E-state index contributed by atoms with van der Waals surface area (Å²) in [4.78, 5) is 14.0. The lowest BCUT2D eigenvalue weighted by atomic mass is 10.1.